The highest BCUT2D eigenvalue weighted by Gasteiger charge is 2.24. The number of halogens is 1. The first-order valence-electron chi connectivity index (χ1n) is 14.8. The van der Waals surface area contributed by atoms with Crippen molar-refractivity contribution < 1.29 is 23.8 Å². The second kappa shape index (κ2) is 16.1. The highest BCUT2D eigenvalue weighted by molar-refractivity contribution is 6.30. The van der Waals surface area contributed by atoms with Crippen LogP contribution in [0.1, 0.15) is 84.0 Å². The number of carbonyl (C=O) groups excluding carboxylic acids is 2. The summed E-state index contributed by atoms with van der Waals surface area (Å²) in [6.07, 6.45) is 6.87. The minimum atomic E-state index is -0.508. The molecule has 3 atom stereocenters. The van der Waals surface area contributed by atoms with E-state index in [9.17, 15) is 9.59 Å². The first-order valence-corrected chi connectivity index (χ1v) is 15.2. The lowest BCUT2D eigenvalue weighted by atomic mass is 9.90. The van der Waals surface area contributed by atoms with Crippen molar-refractivity contribution in [3.63, 3.8) is 0 Å². The van der Waals surface area contributed by atoms with Crippen LogP contribution in [-0.2, 0) is 14.2 Å². The van der Waals surface area contributed by atoms with Crippen LogP contribution < -0.4 is 16.0 Å². The molecule has 1 aliphatic heterocycles. The highest BCUT2D eigenvalue weighted by Crippen LogP contribution is 2.37. The lowest BCUT2D eigenvalue weighted by Crippen LogP contribution is -2.41. The molecule has 2 fully saturated rings. The molecule has 1 unspecified atom stereocenters. The fourth-order valence-electron chi connectivity index (χ4n) is 5.93. The van der Waals surface area contributed by atoms with Gasteiger partial charge in [0.1, 0.15) is 6.10 Å². The molecule has 41 heavy (non-hydrogen) atoms. The summed E-state index contributed by atoms with van der Waals surface area (Å²) < 4.78 is 16.7. The molecular weight excluding hydrogens is 542 g/mol. The third-order valence-electron chi connectivity index (χ3n) is 8.15. The molecule has 2 aromatic carbocycles. The molecule has 1 heterocycles. The molecule has 224 valence electrons. The van der Waals surface area contributed by atoms with E-state index in [4.69, 9.17) is 21.1 Å². The van der Waals surface area contributed by atoms with Gasteiger partial charge in [-0.15, -0.1) is 0 Å². The maximum absolute atomic E-state index is 13.6. The molecule has 0 aromatic heterocycles. The molecule has 0 radical (unpaired) electrons. The molecule has 2 aliphatic rings. The van der Waals surface area contributed by atoms with E-state index in [2.05, 4.69) is 26.8 Å². The molecule has 1 aliphatic carbocycles. The van der Waals surface area contributed by atoms with Gasteiger partial charge in [0.05, 0.1) is 13.7 Å². The van der Waals surface area contributed by atoms with Gasteiger partial charge in [0.25, 0.3) is 5.91 Å². The number of likely N-dealkylation sites (N-methyl/N-ethyl adjacent to an activating group) is 1. The van der Waals surface area contributed by atoms with Gasteiger partial charge in [0, 0.05) is 42.9 Å². The Morgan fingerprint density at radius 1 is 1.05 bits per heavy atom. The summed E-state index contributed by atoms with van der Waals surface area (Å²) in [5.74, 6) is 0.835. The van der Waals surface area contributed by atoms with E-state index in [1.807, 2.05) is 43.4 Å². The number of methoxy groups -OCH3 is 1. The van der Waals surface area contributed by atoms with Gasteiger partial charge in [-0.2, -0.15) is 0 Å². The van der Waals surface area contributed by atoms with E-state index in [0.29, 0.717) is 29.0 Å². The molecule has 9 heteroatoms. The number of rotatable bonds is 13. The Morgan fingerprint density at radius 2 is 1.88 bits per heavy atom. The summed E-state index contributed by atoms with van der Waals surface area (Å²) in [6, 6.07) is 13.9. The standard InChI is InChI=1S/C32H44ClN3O5/c1-34-29(15-22-7-6-13-40-21-22)20-36-31(37)27-17-25(23-8-3-4-9-23)16-26(18-27)30(24-10-5-11-28(33)19-24)41-14-12-35-32(38)39-2/h5,10-11,16-19,22-23,29-30,34H,3-4,6-9,12-15,20-21H2,1-2H3,(H,35,38)(H,36,37)/t22-,29+,30?/m1/s1. The number of nitrogens with one attached hydrogen (secondary N) is 3. The largest absolute Gasteiger partial charge is 0.453 e. The summed E-state index contributed by atoms with van der Waals surface area (Å²) >= 11 is 6.36. The second-order valence-corrected chi connectivity index (χ2v) is 11.5. The van der Waals surface area contributed by atoms with E-state index in [-0.39, 0.29) is 25.1 Å². The van der Waals surface area contributed by atoms with Crippen LogP contribution in [0.25, 0.3) is 0 Å². The Labute approximate surface area is 248 Å². The average Bonchev–Trinajstić information content (AvgIpc) is 3.54. The van der Waals surface area contributed by atoms with Gasteiger partial charge in [-0.1, -0.05) is 42.6 Å². The topological polar surface area (TPSA) is 97.9 Å². The number of hydrogen-bond donors (Lipinski definition) is 3. The zero-order chi connectivity index (χ0) is 29.0. The van der Waals surface area contributed by atoms with Crippen LogP contribution >= 0.6 is 11.6 Å². The quantitative estimate of drug-likeness (QED) is 0.265. The fourth-order valence-corrected chi connectivity index (χ4v) is 6.13. The molecule has 0 spiro atoms. The van der Waals surface area contributed by atoms with Crippen molar-refractivity contribution in [2.24, 2.45) is 5.92 Å². The Balaban J connectivity index is 1.55. The van der Waals surface area contributed by atoms with Gasteiger partial charge in [0.2, 0.25) is 0 Å². The first-order chi connectivity index (χ1) is 20.0. The van der Waals surface area contributed by atoms with Gasteiger partial charge in [-0.05, 0) is 91.9 Å². The van der Waals surface area contributed by atoms with Crippen LogP contribution in [0.2, 0.25) is 5.02 Å². The Morgan fingerprint density at radius 3 is 2.59 bits per heavy atom. The highest BCUT2D eigenvalue weighted by atomic mass is 35.5. The molecule has 0 bridgehead atoms. The lowest BCUT2D eigenvalue weighted by molar-refractivity contribution is 0.0478. The third-order valence-corrected chi connectivity index (χ3v) is 8.39. The SMILES string of the molecule is CN[C@H](CNC(=O)c1cc(C2CCCC2)cc(C(OCCNC(=O)OC)c2cccc(Cl)c2)c1)C[C@H]1CCCOC1. The maximum Gasteiger partial charge on any atom is 0.406 e. The van der Waals surface area contributed by atoms with E-state index in [0.717, 1.165) is 55.6 Å². The molecular formula is C32H44ClN3O5. The predicted octanol–water partition coefficient (Wildman–Crippen LogP) is 5.59. The van der Waals surface area contributed by atoms with Crippen molar-refractivity contribution in [1.29, 1.82) is 0 Å². The average molecular weight is 586 g/mol. The van der Waals surface area contributed by atoms with Gasteiger partial charge >= 0.3 is 6.09 Å². The molecule has 1 saturated carbocycles. The summed E-state index contributed by atoms with van der Waals surface area (Å²) in [6.45, 7) is 2.73. The maximum atomic E-state index is 13.6. The second-order valence-electron chi connectivity index (χ2n) is 11.1. The summed E-state index contributed by atoms with van der Waals surface area (Å²) in [5.41, 5.74) is 3.57. The van der Waals surface area contributed by atoms with E-state index in [1.165, 1.54) is 26.4 Å². The molecule has 1 saturated heterocycles. The summed E-state index contributed by atoms with van der Waals surface area (Å²) in [4.78, 5) is 25.1. The van der Waals surface area contributed by atoms with E-state index < -0.39 is 12.2 Å². The van der Waals surface area contributed by atoms with Crippen molar-refractivity contribution in [3.8, 4) is 0 Å². The van der Waals surface area contributed by atoms with Crippen molar-refractivity contribution in [1.82, 2.24) is 16.0 Å². The van der Waals surface area contributed by atoms with Crippen molar-refractivity contribution in [3.05, 3.63) is 69.7 Å². The zero-order valence-electron chi connectivity index (χ0n) is 24.3. The number of hydrogen-bond acceptors (Lipinski definition) is 6. The molecule has 8 nitrogen and oxygen atoms in total. The van der Waals surface area contributed by atoms with Crippen LogP contribution in [-0.4, -0.2) is 65.1 Å². The van der Waals surface area contributed by atoms with Crippen molar-refractivity contribution >= 4 is 23.6 Å². The van der Waals surface area contributed by atoms with Crippen LogP contribution in [0, 0.1) is 5.92 Å². The minimum Gasteiger partial charge on any atom is -0.453 e. The molecule has 2 aromatic rings. The third kappa shape index (κ3) is 9.43. The first kappa shape index (κ1) is 31.3. The Kier molecular flexibility index (Phi) is 12.3. The zero-order valence-corrected chi connectivity index (χ0v) is 25.0. The van der Waals surface area contributed by atoms with Crippen LogP contribution in [0.4, 0.5) is 4.79 Å². The van der Waals surface area contributed by atoms with Gasteiger partial charge in [-0.25, -0.2) is 4.79 Å². The van der Waals surface area contributed by atoms with Gasteiger partial charge in [-0.3, -0.25) is 4.79 Å². The number of benzene rings is 2. The van der Waals surface area contributed by atoms with Crippen molar-refractivity contribution in [2.75, 3.05) is 47.1 Å². The Bertz CT molecular complexity index is 1130. The van der Waals surface area contributed by atoms with Gasteiger partial charge in [0.15, 0.2) is 0 Å². The van der Waals surface area contributed by atoms with E-state index >= 15 is 0 Å². The van der Waals surface area contributed by atoms with Gasteiger partial charge < -0.3 is 30.2 Å². The fraction of sp³-hybridized carbons (Fsp3) is 0.562. The number of ether oxygens (including phenoxy) is 3. The normalized spacial score (nSPS) is 19.0. The lowest BCUT2D eigenvalue weighted by Gasteiger charge is -2.27. The number of amides is 2. The molecule has 3 N–H and O–H groups in total. The van der Waals surface area contributed by atoms with Crippen molar-refractivity contribution in [2.45, 2.75) is 63.0 Å². The van der Waals surface area contributed by atoms with Crippen LogP contribution in [0.15, 0.2) is 42.5 Å². The monoisotopic (exact) mass is 585 g/mol. The molecule has 4 rings (SSSR count). The summed E-state index contributed by atoms with van der Waals surface area (Å²) in [7, 11) is 3.27. The minimum absolute atomic E-state index is 0.0940. The predicted molar refractivity (Wildman–Crippen MR) is 161 cm³/mol. The Hall–Kier alpha value is -2.65. The smallest absolute Gasteiger partial charge is 0.406 e. The number of alkyl carbamates (subject to hydrolysis) is 1. The molecule has 2 amide bonds. The van der Waals surface area contributed by atoms with E-state index in [1.54, 1.807) is 0 Å². The van der Waals surface area contributed by atoms with Crippen LogP contribution in [0.5, 0.6) is 0 Å². The van der Waals surface area contributed by atoms with Crippen LogP contribution in [0.3, 0.4) is 0 Å². The summed E-state index contributed by atoms with van der Waals surface area (Å²) in [5, 5.41) is 9.81. The number of carbonyl (C=O) groups is 2.